The summed E-state index contributed by atoms with van der Waals surface area (Å²) in [6, 6.07) is 23.5. The summed E-state index contributed by atoms with van der Waals surface area (Å²) in [6.45, 7) is 5.94. The number of aryl methyl sites for hydroxylation is 2. The van der Waals surface area contributed by atoms with E-state index in [1.54, 1.807) is 18.9 Å². The number of benzene rings is 3. The second-order valence-corrected chi connectivity index (χ2v) is 9.99. The zero-order chi connectivity index (χ0) is 25.9. The molecule has 0 fully saturated rings. The van der Waals surface area contributed by atoms with E-state index in [0.29, 0.717) is 22.4 Å². The Labute approximate surface area is 221 Å². The second kappa shape index (κ2) is 10.5. The number of nitrogens with one attached hydrogen (secondary N) is 2. The molecule has 5 rings (SSSR count). The first-order chi connectivity index (χ1) is 17.9. The van der Waals surface area contributed by atoms with Gasteiger partial charge in [-0.25, -0.2) is 4.68 Å². The Morgan fingerprint density at radius 3 is 2.59 bits per heavy atom. The van der Waals surface area contributed by atoms with Crippen molar-refractivity contribution in [1.29, 1.82) is 0 Å². The molecule has 188 valence electrons. The number of amides is 1. The summed E-state index contributed by atoms with van der Waals surface area (Å²) in [4.78, 5) is 18.4. The third-order valence-corrected chi connectivity index (χ3v) is 7.28. The molecule has 1 aromatic heterocycles. The van der Waals surface area contributed by atoms with Crippen molar-refractivity contribution in [2.24, 2.45) is 0 Å². The largest absolute Gasteiger partial charge is 0.497 e. The third-order valence-electron chi connectivity index (χ3n) is 6.37. The molecule has 0 bridgehead atoms. The molecule has 0 saturated carbocycles. The fraction of sp³-hybridized carbons (Fsp3) is 0.207. The molecular formula is C29H29N5O2S. The number of hydrogen-bond acceptors (Lipinski definition) is 6. The fourth-order valence-electron chi connectivity index (χ4n) is 4.36. The maximum Gasteiger partial charge on any atom is 0.255 e. The van der Waals surface area contributed by atoms with Gasteiger partial charge in [-0.1, -0.05) is 71.9 Å². The molecule has 0 unspecified atom stereocenters. The minimum atomic E-state index is -0.417. The summed E-state index contributed by atoms with van der Waals surface area (Å²) >= 11 is 1.54. The number of para-hydroxylation sites is 1. The molecule has 0 spiro atoms. The van der Waals surface area contributed by atoms with E-state index in [9.17, 15) is 4.79 Å². The molecule has 4 aromatic rings. The number of carbonyl (C=O) groups excluding carboxylic acids is 1. The van der Waals surface area contributed by atoms with Gasteiger partial charge in [0.2, 0.25) is 11.1 Å². The lowest BCUT2D eigenvalue weighted by atomic mass is 9.94. The van der Waals surface area contributed by atoms with Gasteiger partial charge in [0.15, 0.2) is 0 Å². The van der Waals surface area contributed by atoms with Crippen molar-refractivity contribution < 1.29 is 9.53 Å². The number of allylic oxidation sites excluding steroid dienone is 1. The van der Waals surface area contributed by atoms with Gasteiger partial charge in [0, 0.05) is 17.1 Å². The Hall–Kier alpha value is -4.04. The van der Waals surface area contributed by atoms with Crippen molar-refractivity contribution in [3.63, 3.8) is 0 Å². The lowest BCUT2D eigenvalue weighted by Crippen LogP contribution is -2.31. The number of fused-ring (bicyclic) bond motifs is 1. The summed E-state index contributed by atoms with van der Waals surface area (Å²) in [5.74, 6) is 1.96. The van der Waals surface area contributed by atoms with Gasteiger partial charge in [-0.05, 0) is 55.7 Å². The van der Waals surface area contributed by atoms with Crippen LogP contribution < -0.4 is 15.4 Å². The van der Waals surface area contributed by atoms with Gasteiger partial charge in [-0.15, -0.1) is 5.10 Å². The zero-order valence-electron chi connectivity index (χ0n) is 21.3. The lowest BCUT2D eigenvalue weighted by Gasteiger charge is -2.29. The van der Waals surface area contributed by atoms with Crippen molar-refractivity contribution in [1.82, 2.24) is 14.8 Å². The molecule has 1 amide bonds. The highest BCUT2D eigenvalue weighted by atomic mass is 32.2. The van der Waals surface area contributed by atoms with Crippen LogP contribution in [0.1, 0.15) is 35.2 Å². The van der Waals surface area contributed by atoms with E-state index in [1.807, 2.05) is 80.1 Å². The second-order valence-electron chi connectivity index (χ2n) is 9.05. The first-order valence-corrected chi connectivity index (χ1v) is 13.0. The van der Waals surface area contributed by atoms with Crippen LogP contribution in [0.5, 0.6) is 5.75 Å². The van der Waals surface area contributed by atoms with Crippen LogP contribution in [-0.2, 0) is 10.5 Å². The van der Waals surface area contributed by atoms with E-state index >= 15 is 0 Å². The maximum atomic E-state index is 13.7. The van der Waals surface area contributed by atoms with Crippen molar-refractivity contribution in [2.45, 2.75) is 37.7 Å². The van der Waals surface area contributed by atoms with Crippen molar-refractivity contribution in [2.75, 3.05) is 17.7 Å². The van der Waals surface area contributed by atoms with Crippen molar-refractivity contribution in [3.05, 3.63) is 106 Å². The Balaban J connectivity index is 1.48. The number of hydrogen-bond donors (Lipinski definition) is 2. The molecule has 0 saturated heterocycles. The van der Waals surface area contributed by atoms with Crippen LogP contribution in [-0.4, -0.2) is 27.8 Å². The smallest absolute Gasteiger partial charge is 0.255 e. The molecule has 1 aliphatic heterocycles. The maximum absolute atomic E-state index is 13.7. The summed E-state index contributed by atoms with van der Waals surface area (Å²) in [7, 11) is 1.66. The summed E-state index contributed by atoms with van der Waals surface area (Å²) in [6.07, 6.45) is 0. The highest BCUT2D eigenvalue weighted by Gasteiger charge is 2.34. The number of methoxy groups -OCH3 is 1. The molecule has 0 radical (unpaired) electrons. The van der Waals surface area contributed by atoms with Crippen molar-refractivity contribution in [3.8, 4) is 5.75 Å². The standard InChI is InChI=1S/C29H29N5O2S/c1-18-12-14-22(15-13-18)26-25(27(35)31-24-11-6-5-8-19(24)2)20(3)30-28-32-29(33-34(26)28)37-17-21-9-7-10-23(16-21)36-4/h5-16,26H,17H2,1-4H3,(H,31,35)(H,30,32,33)/t26-/m1/s1. The Kier molecular flexibility index (Phi) is 7.01. The average molecular weight is 512 g/mol. The first-order valence-electron chi connectivity index (χ1n) is 12.1. The van der Waals surface area contributed by atoms with Gasteiger partial charge in [-0.3, -0.25) is 4.79 Å². The van der Waals surface area contributed by atoms with Gasteiger partial charge < -0.3 is 15.4 Å². The number of carbonyl (C=O) groups is 1. The average Bonchev–Trinajstić information content (AvgIpc) is 3.31. The van der Waals surface area contributed by atoms with E-state index in [1.165, 1.54) is 0 Å². The van der Waals surface area contributed by atoms with Gasteiger partial charge in [0.05, 0.1) is 12.7 Å². The monoisotopic (exact) mass is 511 g/mol. The highest BCUT2D eigenvalue weighted by molar-refractivity contribution is 7.98. The van der Waals surface area contributed by atoms with Crippen LogP contribution in [0.15, 0.2) is 89.2 Å². The topological polar surface area (TPSA) is 81.1 Å². The van der Waals surface area contributed by atoms with E-state index < -0.39 is 6.04 Å². The minimum Gasteiger partial charge on any atom is -0.497 e. The molecule has 0 aliphatic carbocycles. The number of thioether (sulfide) groups is 1. The molecule has 1 atom stereocenters. The molecule has 37 heavy (non-hydrogen) atoms. The van der Waals surface area contributed by atoms with Gasteiger partial charge in [0.25, 0.3) is 5.91 Å². The summed E-state index contributed by atoms with van der Waals surface area (Å²) in [5, 5.41) is 11.9. The lowest BCUT2D eigenvalue weighted by molar-refractivity contribution is -0.113. The SMILES string of the molecule is COc1cccc(CSc2nc3n(n2)[C@H](c2ccc(C)cc2)C(C(=O)Nc2ccccc2C)=C(C)N3)c1. The number of anilines is 2. The molecule has 3 aromatic carbocycles. The number of aromatic nitrogens is 3. The van der Waals surface area contributed by atoms with Crippen LogP contribution in [0.2, 0.25) is 0 Å². The molecule has 1 aliphatic rings. The molecule has 2 heterocycles. The van der Waals surface area contributed by atoms with E-state index in [2.05, 4.69) is 28.8 Å². The van der Waals surface area contributed by atoms with Crippen LogP contribution in [0.3, 0.4) is 0 Å². The van der Waals surface area contributed by atoms with E-state index in [0.717, 1.165) is 39.4 Å². The summed E-state index contributed by atoms with van der Waals surface area (Å²) in [5.41, 5.74) is 6.38. The van der Waals surface area contributed by atoms with Crippen LogP contribution >= 0.6 is 11.8 Å². The van der Waals surface area contributed by atoms with E-state index in [4.69, 9.17) is 14.8 Å². The van der Waals surface area contributed by atoms with E-state index in [-0.39, 0.29) is 5.91 Å². The third kappa shape index (κ3) is 5.24. The number of ether oxygens (including phenoxy) is 1. The minimum absolute atomic E-state index is 0.170. The zero-order valence-corrected chi connectivity index (χ0v) is 22.1. The van der Waals surface area contributed by atoms with Crippen LogP contribution in [0.4, 0.5) is 11.6 Å². The first kappa shape index (κ1) is 24.6. The molecule has 8 heteroatoms. The Morgan fingerprint density at radius 2 is 1.84 bits per heavy atom. The quantitative estimate of drug-likeness (QED) is 0.291. The number of nitrogens with zero attached hydrogens (tertiary/aromatic N) is 3. The molecule has 2 N–H and O–H groups in total. The normalized spacial score (nSPS) is 14.6. The van der Waals surface area contributed by atoms with Gasteiger partial charge in [-0.2, -0.15) is 4.98 Å². The molecular weight excluding hydrogens is 482 g/mol. The summed E-state index contributed by atoms with van der Waals surface area (Å²) < 4.78 is 7.16. The number of rotatable bonds is 7. The van der Waals surface area contributed by atoms with Gasteiger partial charge >= 0.3 is 0 Å². The molecule has 7 nitrogen and oxygen atoms in total. The Bertz CT molecular complexity index is 1480. The Morgan fingerprint density at radius 1 is 1.05 bits per heavy atom. The fourth-order valence-corrected chi connectivity index (χ4v) is 5.13. The van der Waals surface area contributed by atoms with Crippen LogP contribution in [0, 0.1) is 13.8 Å². The predicted molar refractivity (Wildman–Crippen MR) is 148 cm³/mol. The van der Waals surface area contributed by atoms with Crippen molar-refractivity contribution >= 4 is 29.3 Å². The van der Waals surface area contributed by atoms with Crippen LogP contribution in [0.25, 0.3) is 0 Å². The van der Waals surface area contributed by atoms with Gasteiger partial charge in [0.1, 0.15) is 11.8 Å². The highest BCUT2D eigenvalue weighted by Crippen LogP contribution is 2.37. The predicted octanol–water partition coefficient (Wildman–Crippen LogP) is 6.12.